The Morgan fingerprint density at radius 1 is 1.13 bits per heavy atom. The summed E-state index contributed by atoms with van der Waals surface area (Å²) < 4.78 is 27.8. The number of halogens is 1. The van der Waals surface area contributed by atoms with Crippen LogP contribution in [0.3, 0.4) is 0 Å². The zero-order chi connectivity index (χ0) is 22.3. The molecule has 0 aliphatic heterocycles. The number of allylic oxidation sites excluding steroid dienone is 2. The minimum Gasteiger partial charge on any atom is -0.481 e. The maximum Gasteiger partial charge on any atom is 0.303 e. The molecule has 0 saturated heterocycles. The van der Waals surface area contributed by atoms with E-state index in [1.165, 1.54) is 23.3 Å². The predicted octanol–water partition coefficient (Wildman–Crippen LogP) is 5.17. The fraction of sp³-hybridized carbons (Fsp3) is 0.375. The minimum atomic E-state index is -3.57. The summed E-state index contributed by atoms with van der Waals surface area (Å²) in [5.74, 6) is -0.0679. The topological polar surface area (TPSA) is 83.5 Å². The summed E-state index contributed by atoms with van der Waals surface area (Å²) in [4.78, 5) is 10.8. The summed E-state index contributed by atoms with van der Waals surface area (Å²) in [5.41, 5.74) is 2.63. The van der Waals surface area contributed by atoms with Crippen LogP contribution in [0.15, 0.2) is 65.6 Å². The summed E-state index contributed by atoms with van der Waals surface area (Å²) in [6.07, 6.45) is 8.40. The van der Waals surface area contributed by atoms with Gasteiger partial charge in [-0.05, 0) is 79.3 Å². The molecule has 0 bridgehead atoms. The summed E-state index contributed by atoms with van der Waals surface area (Å²) in [5, 5.41) is 9.22. The fourth-order valence-corrected chi connectivity index (χ4v) is 5.38. The molecule has 2 aromatic carbocycles. The summed E-state index contributed by atoms with van der Waals surface area (Å²) >= 11 is 5.85. The lowest BCUT2D eigenvalue weighted by Gasteiger charge is -2.20. The molecule has 166 valence electrons. The number of fused-ring (bicyclic) bond motifs is 1. The Kier molecular flexibility index (Phi) is 8.29. The molecule has 3 rings (SSSR count). The number of hydrogen-bond acceptors (Lipinski definition) is 3. The third kappa shape index (κ3) is 6.66. The van der Waals surface area contributed by atoms with Gasteiger partial charge in [-0.1, -0.05) is 48.0 Å². The first-order valence-electron chi connectivity index (χ1n) is 10.6. The number of carboxylic acid groups (broad SMARTS) is 1. The van der Waals surface area contributed by atoms with Crippen LogP contribution in [0.5, 0.6) is 0 Å². The summed E-state index contributed by atoms with van der Waals surface area (Å²) in [6.45, 7) is 0.364. The van der Waals surface area contributed by atoms with E-state index in [0.717, 1.165) is 25.7 Å². The van der Waals surface area contributed by atoms with Crippen molar-refractivity contribution < 1.29 is 18.3 Å². The van der Waals surface area contributed by atoms with E-state index in [1.807, 2.05) is 12.1 Å². The van der Waals surface area contributed by atoms with Crippen LogP contribution in [0.25, 0.3) is 0 Å². The summed E-state index contributed by atoms with van der Waals surface area (Å²) in [6, 6.07) is 14.5. The first kappa shape index (κ1) is 23.5. The highest BCUT2D eigenvalue weighted by atomic mass is 35.5. The molecule has 31 heavy (non-hydrogen) atoms. The molecule has 7 heteroatoms. The van der Waals surface area contributed by atoms with Gasteiger partial charge in [0.15, 0.2) is 0 Å². The molecule has 1 aliphatic carbocycles. The number of nitrogens with one attached hydrogen (secondary N) is 1. The van der Waals surface area contributed by atoms with Crippen LogP contribution >= 0.6 is 11.6 Å². The molecule has 0 amide bonds. The first-order chi connectivity index (χ1) is 14.9. The maximum atomic E-state index is 12.6. The zero-order valence-corrected chi connectivity index (χ0v) is 18.9. The average molecular weight is 462 g/mol. The second kappa shape index (κ2) is 10.9. The van der Waals surface area contributed by atoms with Gasteiger partial charge in [-0.15, -0.1) is 0 Å². The van der Waals surface area contributed by atoms with Crippen LogP contribution in [0.4, 0.5) is 0 Å². The van der Waals surface area contributed by atoms with Crippen molar-refractivity contribution in [1.82, 2.24) is 4.72 Å². The molecule has 0 saturated carbocycles. The Morgan fingerprint density at radius 2 is 1.87 bits per heavy atom. The first-order valence-corrected chi connectivity index (χ1v) is 12.4. The van der Waals surface area contributed by atoms with E-state index in [1.54, 1.807) is 12.1 Å². The number of hydrogen-bond donors (Lipinski definition) is 2. The highest BCUT2D eigenvalue weighted by Gasteiger charge is 2.31. The molecule has 2 aromatic rings. The lowest BCUT2D eigenvalue weighted by Crippen LogP contribution is -2.26. The van der Waals surface area contributed by atoms with Crippen molar-refractivity contribution in [3.8, 4) is 0 Å². The van der Waals surface area contributed by atoms with Crippen molar-refractivity contribution in [3.05, 3.63) is 76.8 Å². The van der Waals surface area contributed by atoms with Crippen LogP contribution < -0.4 is 4.72 Å². The Hall–Kier alpha value is -2.15. The SMILES string of the molecule is O=C(O)CCCC=CCC1Cc2ccccc2C1CCNS(=O)(=O)c1ccc(Cl)cc1. The van der Waals surface area contributed by atoms with Gasteiger partial charge in [0.2, 0.25) is 10.0 Å². The summed E-state index contributed by atoms with van der Waals surface area (Å²) in [7, 11) is -3.57. The maximum absolute atomic E-state index is 12.6. The largest absolute Gasteiger partial charge is 0.481 e. The highest BCUT2D eigenvalue weighted by Crippen LogP contribution is 2.41. The van der Waals surface area contributed by atoms with Crippen LogP contribution in [-0.4, -0.2) is 26.0 Å². The van der Waals surface area contributed by atoms with E-state index < -0.39 is 16.0 Å². The Morgan fingerprint density at radius 3 is 2.61 bits per heavy atom. The van der Waals surface area contributed by atoms with E-state index in [-0.39, 0.29) is 17.2 Å². The molecule has 0 aromatic heterocycles. The number of sulfonamides is 1. The molecule has 0 heterocycles. The van der Waals surface area contributed by atoms with Crippen LogP contribution in [0.1, 0.15) is 49.1 Å². The van der Waals surface area contributed by atoms with Gasteiger partial charge in [0.1, 0.15) is 0 Å². The molecular formula is C24H28ClNO4S. The van der Waals surface area contributed by atoms with E-state index >= 15 is 0 Å². The second-order valence-corrected chi connectivity index (χ2v) is 10.1. The van der Waals surface area contributed by atoms with Crippen LogP contribution in [0.2, 0.25) is 5.02 Å². The normalized spacial score (nSPS) is 18.4. The van der Waals surface area contributed by atoms with Gasteiger partial charge in [0.25, 0.3) is 0 Å². The standard InChI is InChI=1S/C24H28ClNO4S/c25-20-11-13-21(14-12-20)31(29,30)26-16-15-23-19(7-3-1-2-4-10-24(27)28)17-18-8-5-6-9-22(18)23/h1,3,5-6,8-9,11-14,19,23,26H,2,4,7,10,15-17H2,(H,27,28). The predicted molar refractivity (Wildman–Crippen MR) is 123 cm³/mol. The van der Waals surface area contributed by atoms with Gasteiger partial charge in [-0.3, -0.25) is 4.79 Å². The van der Waals surface area contributed by atoms with Crippen molar-refractivity contribution in [1.29, 1.82) is 0 Å². The number of rotatable bonds is 11. The number of carboxylic acids is 1. The minimum absolute atomic E-state index is 0.190. The quantitative estimate of drug-likeness (QED) is 0.357. The Labute approximate surface area is 189 Å². The van der Waals surface area contributed by atoms with Crippen LogP contribution in [0, 0.1) is 5.92 Å². The lowest BCUT2D eigenvalue weighted by atomic mass is 9.87. The number of benzene rings is 2. The lowest BCUT2D eigenvalue weighted by molar-refractivity contribution is -0.137. The van der Waals surface area contributed by atoms with E-state index in [0.29, 0.717) is 23.9 Å². The molecular weight excluding hydrogens is 434 g/mol. The Balaban J connectivity index is 1.59. The smallest absolute Gasteiger partial charge is 0.303 e. The van der Waals surface area contributed by atoms with Crippen molar-refractivity contribution in [2.24, 2.45) is 5.92 Å². The third-order valence-corrected chi connectivity index (χ3v) is 7.47. The highest BCUT2D eigenvalue weighted by molar-refractivity contribution is 7.89. The van der Waals surface area contributed by atoms with Crippen LogP contribution in [-0.2, 0) is 21.2 Å². The van der Waals surface area contributed by atoms with E-state index in [4.69, 9.17) is 16.7 Å². The molecule has 0 radical (unpaired) electrons. The van der Waals surface area contributed by atoms with Gasteiger partial charge in [0, 0.05) is 18.0 Å². The van der Waals surface area contributed by atoms with Gasteiger partial charge in [-0.2, -0.15) is 0 Å². The van der Waals surface area contributed by atoms with E-state index in [2.05, 4.69) is 29.0 Å². The number of carbonyl (C=O) groups is 1. The van der Waals surface area contributed by atoms with Gasteiger partial charge in [0.05, 0.1) is 4.90 Å². The average Bonchev–Trinajstić information content (AvgIpc) is 3.08. The number of aliphatic carboxylic acids is 1. The van der Waals surface area contributed by atoms with Gasteiger partial charge in [-0.25, -0.2) is 13.1 Å². The van der Waals surface area contributed by atoms with Gasteiger partial charge < -0.3 is 5.11 Å². The zero-order valence-electron chi connectivity index (χ0n) is 17.3. The van der Waals surface area contributed by atoms with Crippen molar-refractivity contribution in [3.63, 3.8) is 0 Å². The fourth-order valence-electron chi connectivity index (χ4n) is 4.21. The van der Waals surface area contributed by atoms with Gasteiger partial charge >= 0.3 is 5.97 Å². The molecule has 2 N–H and O–H groups in total. The monoisotopic (exact) mass is 461 g/mol. The second-order valence-electron chi connectivity index (χ2n) is 7.90. The molecule has 2 atom stereocenters. The Bertz CT molecular complexity index is 1020. The number of unbranched alkanes of at least 4 members (excludes halogenated alkanes) is 1. The third-order valence-electron chi connectivity index (χ3n) is 5.74. The molecule has 1 aliphatic rings. The molecule has 2 unspecified atom stereocenters. The van der Waals surface area contributed by atoms with Crippen molar-refractivity contribution >= 4 is 27.6 Å². The molecule has 0 fully saturated rings. The molecule has 5 nitrogen and oxygen atoms in total. The van der Waals surface area contributed by atoms with E-state index in [9.17, 15) is 13.2 Å². The van der Waals surface area contributed by atoms with Crippen molar-refractivity contribution in [2.45, 2.75) is 49.3 Å². The van der Waals surface area contributed by atoms with Crippen molar-refractivity contribution in [2.75, 3.05) is 6.54 Å². The molecule has 0 spiro atoms.